The van der Waals surface area contributed by atoms with Gasteiger partial charge < -0.3 is 20.1 Å². The molecule has 0 heterocycles. The molecule has 0 aliphatic heterocycles. The molecule has 0 radical (unpaired) electrons. The Bertz CT molecular complexity index is 800. The molecule has 2 rings (SSSR count). The lowest BCUT2D eigenvalue weighted by atomic mass is 10.0. The van der Waals surface area contributed by atoms with Crippen molar-refractivity contribution in [3.63, 3.8) is 0 Å². The van der Waals surface area contributed by atoms with Crippen LogP contribution in [0.4, 0.5) is 8.78 Å². The molecular weight excluding hydrogens is 370 g/mol. The SMILES string of the molecule is COc1cc(C(=O)NCC(=O)NC[C@@H](C)c2ccccc2)ccc1OC(F)F. The average molecular weight is 392 g/mol. The molecule has 150 valence electrons. The van der Waals surface area contributed by atoms with Crippen molar-refractivity contribution in [2.45, 2.75) is 19.5 Å². The van der Waals surface area contributed by atoms with E-state index in [0.29, 0.717) is 6.54 Å². The van der Waals surface area contributed by atoms with Gasteiger partial charge in [0.1, 0.15) is 0 Å². The van der Waals surface area contributed by atoms with Gasteiger partial charge in [-0.2, -0.15) is 8.78 Å². The number of rotatable bonds is 9. The number of ether oxygens (including phenoxy) is 2. The maximum atomic E-state index is 12.3. The number of hydrogen-bond acceptors (Lipinski definition) is 4. The molecule has 1 atom stereocenters. The Morgan fingerprint density at radius 2 is 1.75 bits per heavy atom. The van der Waals surface area contributed by atoms with E-state index < -0.39 is 12.5 Å². The highest BCUT2D eigenvalue weighted by molar-refractivity contribution is 5.97. The van der Waals surface area contributed by atoms with Crippen molar-refractivity contribution in [1.29, 1.82) is 0 Å². The van der Waals surface area contributed by atoms with E-state index in [1.54, 1.807) is 0 Å². The molecule has 0 unspecified atom stereocenters. The van der Waals surface area contributed by atoms with Crippen LogP contribution in [0.5, 0.6) is 11.5 Å². The van der Waals surface area contributed by atoms with Crippen LogP contribution < -0.4 is 20.1 Å². The Balaban J connectivity index is 1.85. The molecule has 28 heavy (non-hydrogen) atoms. The topological polar surface area (TPSA) is 76.7 Å². The van der Waals surface area contributed by atoms with Crippen LogP contribution in [-0.4, -0.2) is 38.6 Å². The third kappa shape index (κ3) is 6.22. The number of benzene rings is 2. The van der Waals surface area contributed by atoms with Crippen LogP contribution in [0.1, 0.15) is 28.8 Å². The second kappa shape index (κ2) is 10.2. The van der Waals surface area contributed by atoms with E-state index in [0.717, 1.165) is 5.56 Å². The lowest BCUT2D eigenvalue weighted by molar-refractivity contribution is -0.120. The van der Waals surface area contributed by atoms with Crippen LogP contribution in [0.15, 0.2) is 48.5 Å². The van der Waals surface area contributed by atoms with Gasteiger partial charge in [-0.1, -0.05) is 37.3 Å². The van der Waals surface area contributed by atoms with Crippen molar-refractivity contribution in [3.8, 4) is 11.5 Å². The summed E-state index contributed by atoms with van der Waals surface area (Å²) in [5.41, 5.74) is 1.26. The summed E-state index contributed by atoms with van der Waals surface area (Å²) in [6.45, 7) is -0.788. The van der Waals surface area contributed by atoms with Gasteiger partial charge in [-0.3, -0.25) is 9.59 Å². The lowest BCUT2D eigenvalue weighted by Gasteiger charge is -2.14. The summed E-state index contributed by atoms with van der Waals surface area (Å²) in [4.78, 5) is 24.1. The minimum atomic E-state index is -3.00. The van der Waals surface area contributed by atoms with Crippen LogP contribution in [0, 0.1) is 0 Å². The van der Waals surface area contributed by atoms with Crippen molar-refractivity contribution in [2.75, 3.05) is 20.2 Å². The minimum Gasteiger partial charge on any atom is -0.493 e. The van der Waals surface area contributed by atoms with Gasteiger partial charge in [-0.15, -0.1) is 0 Å². The van der Waals surface area contributed by atoms with Crippen LogP contribution >= 0.6 is 0 Å². The third-order valence-corrected chi connectivity index (χ3v) is 4.03. The number of carbonyl (C=O) groups is 2. The molecule has 0 saturated carbocycles. The largest absolute Gasteiger partial charge is 0.493 e. The van der Waals surface area contributed by atoms with E-state index >= 15 is 0 Å². The Morgan fingerprint density at radius 1 is 1.04 bits per heavy atom. The van der Waals surface area contributed by atoms with Gasteiger partial charge in [0.25, 0.3) is 5.91 Å². The first-order chi connectivity index (χ1) is 13.4. The van der Waals surface area contributed by atoms with Crippen molar-refractivity contribution >= 4 is 11.8 Å². The molecule has 0 aliphatic rings. The van der Waals surface area contributed by atoms with Gasteiger partial charge in [0, 0.05) is 12.1 Å². The van der Waals surface area contributed by atoms with E-state index in [1.165, 1.54) is 25.3 Å². The molecule has 8 heteroatoms. The monoisotopic (exact) mass is 392 g/mol. The summed E-state index contributed by atoms with van der Waals surface area (Å²) >= 11 is 0. The van der Waals surface area contributed by atoms with Crippen LogP contribution in [0.2, 0.25) is 0 Å². The summed E-state index contributed by atoms with van der Waals surface area (Å²) in [5.74, 6) is -0.919. The molecule has 0 fully saturated rings. The quantitative estimate of drug-likeness (QED) is 0.688. The highest BCUT2D eigenvalue weighted by Crippen LogP contribution is 2.29. The van der Waals surface area contributed by atoms with Gasteiger partial charge in [0.2, 0.25) is 5.91 Å². The fourth-order valence-corrected chi connectivity index (χ4v) is 2.49. The molecular formula is C20H22F2N2O4. The van der Waals surface area contributed by atoms with Crippen LogP contribution in [-0.2, 0) is 4.79 Å². The maximum Gasteiger partial charge on any atom is 0.387 e. The molecule has 0 bridgehead atoms. The van der Waals surface area contributed by atoms with Gasteiger partial charge in [0.15, 0.2) is 11.5 Å². The number of methoxy groups -OCH3 is 1. The van der Waals surface area contributed by atoms with Gasteiger partial charge in [0.05, 0.1) is 13.7 Å². The molecule has 6 nitrogen and oxygen atoms in total. The first-order valence-corrected chi connectivity index (χ1v) is 8.63. The Kier molecular flexibility index (Phi) is 7.74. The fraction of sp³-hybridized carbons (Fsp3) is 0.300. The van der Waals surface area contributed by atoms with E-state index in [2.05, 4.69) is 15.4 Å². The van der Waals surface area contributed by atoms with Crippen molar-refractivity contribution < 1.29 is 27.8 Å². The number of amides is 2. The molecule has 0 aliphatic carbocycles. The lowest BCUT2D eigenvalue weighted by Crippen LogP contribution is -2.38. The van der Waals surface area contributed by atoms with E-state index in [4.69, 9.17) is 4.74 Å². The summed E-state index contributed by atoms with van der Waals surface area (Å²) in [7, 11) is 1.27. The zero-order chi connectivity index (χ0) is 20.5. The first-order valence-electron chi connectivity index (χ1n) is 8.63. The third-order valence-electron chi connectivity index (χ3n) is 4.03. The predicted octanol–water partition coefficient (Wildman–Crippen LogP) is 2.95. The Morgan fingerprint density at radius 3 is 2.39 bits per heavy atom. The smallest absolute Gasteiger partial charge is 0.387 e. The van der Waals surface area contributed by atoms with Crippen molar-refractivity contribution in [1.82, 2.24) is 10.6 Å². The summed E-state index contributed by atoms with van der Waals surface area (Å²) in [6, 6.07) is 13.5. The number of hydrogen-bond donors (Lipinski definition) is 2. The highest BCUT2D eigenvalue weighted by Gasteiger charge is 2.15. The van der Waals surface area contributed by atoms with Crippen molar-refractivity contribution in [2.24, 2.45) is 0 Å². The molecule has 2 aromatic carbocycles. The normalized spacial score (nSPS) is 11.6. The van der Waals surface area contributed by atoms with E-state index in [-0.39, 0.29) is 35.4 Å². The van der Waals surface area contributed by atoms with Gasteiger partial charge >= 0.3 is 6.61 Å². The highest BCUT2D eigenvalue weighted by atomic mass is 19.3. The molecule has 0 saturated heterocycles. The fourth-order valence-electron chi connectivity index (χ4n) is 2.49. The standard InChI is InChI=1S/C20H22F2N2O4/c1-13(14-6-4-3-5-7-14)11-23-18(25)12-24-19(26)15-8-9-16(28-20(21)22)17(10-15)27-2/h3-10,13,20H,11-12H2,1-2H3,(H,23,25)(H,24,26)/t13-/m1/s1. The average Bonchev–Trinajstić information content (AvgIpc) is 2.70. The minimum absolute atomic E-state index is 0.00547. The number of nitrogens with one attached hydrogen (secondary N) is 2. The van der Waals surface area contributed by atoms with Gasteiger partial charge in [-0.05, 0) is 29.7 Å². The second-order valence-electron chi connectivity index (χ2n) is 6.04. The molecule has 2 amide bonds. The van der Waals surface area contributed by atoms with Crippen LogP contribution in [0.3, 0.4) is 0 Å². The van der Waals surface area contributed by atoms with Crippen LogP contribution in [0.25, 0.3) is 0 Å². The van der Waals surface area contributed by atoms with Gasteiger partial charge in [-0.25, -0.2) is 0 Å². The summed E-state index contributed by atoms with van der Waals surface area (Å²) < 4.78 is 33.9. The number of carbonyl (C=O) groups excluding carboxylic acids is 2. The van der Waals surface area contributed by atoms with E-state index in [1.807, 2.05) is 37.3 Å². The molecule has 0 aromatic heterocycles. The second-order valence-corrected chi connectivity index (χ2v) is 6.04. The predicted molar refractivity (Wildman–Crippen MR) is 99.8 cm³/mol. The summed E-state index contributed by atoms with van der Waals surface area (Å²) in [5, 5.41) is 5.24. The van der Waals surface area contributed by atoms with E-state index in [9.17, 15) is 18.4 Å². The number of alkyl halides is 2. The zero-order valence-corrected chi connectivity index (χ0v) is 15.6. The Hall–Kier alpha value is -3.16. The van der Waals surface area contributed by atoms with Crippen molar-refractivity contribution in [3.05, 3.63) is 59.7 Å². The zero-order valence-electron chi connectivity index (χ0n) is 15.6. The summed E-state index contributed by atoms with van der Waals surface area (Å²) in [6.07, 6.45) is 0. The first kappa shape index (κ1) is 21.1. The maximum absolute atomic E-state index is 12.3. The number of halogens is 2. The Labute approximate surface area is 161 Å². The molecule has 2 aromatic rings. The molecule has 2 N–H and O–H groups in total. The molecule has 0 spiro atoms.